The number of carbonyl (C=O) groups excluding carboxylic acids is 3. The summed E-state index contributed by atoms with van der Waals surface area (Å²) in [4.78, 5) is 38.3. The fourth-order valence-electron chi connectivity index (χ4n) is 3.53. The highest BCUT2D eigenvalue weighted by molar-refractivity contribution is 6.74. The highest BCUT2D eigenvalue weighted by atomic mass is 28.4. The van der Waals surface area contributed by atoms with Gasteiger partial charge in [-0.3, -0.25) is 4.79 Å². The molecule has 0 aromatic heterocycles. The van der Waals surface area contributed by atoms with E-state index < -0.39 is 61.6 Å². The highest BCUT2D eigenvalue weighted by Crippen LogP contribution is 2.50. The van der Waals surface area contributed by atoms with Crippen molar-refractivity contribution in [1.82, 2.24) is 5.32 Å². The van der Waals surface area contributed by atoms with Crippen LogP contribution in [0.1, 0.15) is 49.5 Å². The van der Waals surface area contributed by atoms with Gasteiger partial charge in [-0.2, -0.15) is 0 Å². The molecule has 0 saturated heterocycles. The molecule has 3 rings (SSSR count). The summed E-state index contributed by atoms with van der Waals surface area (Å²) in [5.74, 6) is -3.55. The second kappa shape index (κ2) is 11.1. The Balaban J connectivity index is 1.75. The van der Waals surface area contributed by atoms with Gasteiger partial charge in [0.2, 0.25) is 5.78 Å². The van der Waals surface area contributed by atoms with E-state index in [2.05, 4.69) is 26.1 Å². The van der Waals surface area contributed by atoms with Crippen molar-refractivity contribution in [2.24, 2.45) is 0 Å². The Morgan fingerprint density at radius 3 is 2.27 bits per heavy atom. The van der Waals surface area contributed by atoms with Crippen molar-refractivity contribution in [2.75, 3.05) is 6.61 Å². The number of benzene rings is 2. The number of esters is 1. The zero-order valence-corrected chi connectivity index (χ0v) is 22.7. The van der Waals surface area contributed by atoms with Crippen LogP contribution >= 0.6 is 0 Å². The number of amides is 1. The minimum Gasteiger partial charge on any atom is -0.456 e. The largest absolute Gasteiger partial charge is 0.456 e. The fraction of sp³-hybridized carbons (Fsp3) is 0.444. The molecule has 0 spiro atoms. The van der Waals surface area contributed by atoms with E-state index >= 15 is 0 Å². The fourth-order valence-corrected chi connectivity index (χ4v) is 5.18. The molecular formula is C27H33F2NO6Si. The lowest BCUT2D eigenvalue weighted by Gasteiger charge is -2.41. The van der Waals surface area contributed by atoms with E-state index in [0.29, 0.717) is 12.8 Å². The number of rotatable bonds is 10. The first-order chi connectivity index (χ1) is 17.2. The van der Waals surface area contributed by atoms with Gasteiger partial charge in [-0.05, 0) is 54.7 Å². The van der Waals surface area contributed by atoms with Crippen molar-refractivity contribution in [2.45, 2.75) is 70.0 Å². The molecule has 1 saturated carbocycles. The molecule has 0 bridgehead atoms. The van der Waals surface area contributed by atoms with Crippen molar-refractivity contribution < 1.29 is 37.1 Å². The molecule has 1 amide bonds. The van der Waals surface area contributed by atoms with E-state index in [1.165, 1.54) is 0 Å². The van der Waals surface area contributed by atoms with Crippen molar-refractivity contribution in [3.8, 4) is 0 Å². The molecule has 1 fully saturated rings. The molecular weight excluding hydrogens is 500 g/mol. The molecule has 7 nitrogen and oxygen atoms in total. The molecule has 0 radical (unpaired) electrons. The second-order valence-corrected chi connectivity index (χ2v) is 15.4. The van der Waals surface area contributed by atoms with Crippen LogP contribution in [0.25, 0.3) is 0 Å². The lowest BCUT2D eigenvalue weighted by Crippen LogP contribution is -2.57. The Morgan fingerprint density at radius 2 is 1.68 bits per heavy atom. The van der Waals surface area contributed by atoms with Gasteiger partial charge in [-0.1, -0.05) is 51.1 Å². The van der Waals surface area contributed by atoms with E-state index in [1.54, 1.807) is 12.1 Å². The van der Waals surface area contributed by atoms with Crippen LogP contribution in [0.5, 0.6) is 0 Å². The van der Waals surface area contributed by atoms with E-state index in [1.807, 2.05) is 31.3 Å². The van der Waals surface area contributed by atoms with Crippen LogP contribution in [-0.2, 0) is 25.3 Å². The topological polar surface area (TPSA) is 90.9 Å². The zero-order valence-electron chi connectivity index (χ0n) is 21.7. The Kier molecular flexibility index (Phi) is 8.54. The number of hydrogen-bond acceptors (Lipinski definition) is 6. The molecule has 37 heavy (non-hydrogen) atoms. The van der Waals surface area contributed by atoms with Crippen LogP contribution in [0, 0.1) is 11.6 Å². The Bertz CT molecular complexity index is 1150. The van der Waals surface area contributed by atoms with Crippen LogP contribution in [-0.4, -0.2) is 44.4 Å². The maximum Gasteiger partial charge on any atom is 0.408 e. The van der Waals surface area contributed by atoms with Gasteiger partial charge in [-0.15, -0.1) is 0 Å². The van der Waals surface area contributed by atoms with Crippen LogP contribution in [0.3, 0.4) is 0 Å². The molecule has 0 heterocycles. The van der Waals surface area contributed by atoms with Gasteiger partial charge < -0.3 is 19.2 Å². The van der Waals surface area contributed by atoms with Crippen LogP contribution < -0.4 is 5.32 Å². The number of alkyl carbamates (subject to hydrolysis) is 1. The maximum absolute atomic E-state index is 14.0. The van der Waals surface area contributed by atoms with Crippen molar-refractivity contribution in [3.63, 3.8) is 0 Å². The normalized spacial score (nSPS) is 15.4. The molecule has 1 unspecified atom stereocenters. The number of ketones is 1. The first kappa shape index (κ1) is 28.5. The third-order valence-corrected chi connectivity index (χ3v) is 11.3. The highest BCUT2D eigenvalue weighted by Gasteiger charge is 2.59. The molecule has 1 aliphatic rings. The maximum atomic E-state index is 14.0. The smallest absolute Gasteiger partial charge is 0.408 e. The summed E-state index contributed by atoms with van der Waals surface area (Å²) >= 11 is 0. The van der Waals surface area contributed by atoms with Gasteiger partial charge in [-0.25, -0.2) is 18.4 Å². The summed E-state index contributed by atoms with van der Waals surface area (Å²) < 4.78 is 44.5. The van der Waals surface area contributed by atoms with Gasteiger partial charge in [0.15, 0.2) is 21.0 Å². The minimum atomic E-state index is -2.38. The van der Waals surface area contributed by atoms with Crippen molar-refractivity contribution in [3.05, 3.63) is 71.3 Å². The van der Waals surface area contributed by atoms with Crippen LogP contribution in [0.4, 0.5) is 13.6 Å². The molecule has 0 aliphatic heterocycles. The summed E-state index contributed by atoms with van der Waals surface area (Å²) in [6, 6.07) is 10.2. The second-order valence-electron chi connectivity index (χ2n) is 10.7. The Morgan fingerprint density at radius 1 is 1.03 bits per heavy atom. The van der Waals surface area contributed by atoms with Crippen LogP contribution in [0.2, 0.25) is 18.1 Å². The first-order valence-electron chi connectivity index (χ1n) is 12.1. The molecule has 1 aliphatic carbocycles. The average Bonchev–Trinajstić information content (AvgIpc) is 3.60. The van der Waals surface area contributed by atoms with Crippen molar-refractivity contribution in [1.29, 1.82) is 0 Å². The zero-order chi connectivity index (χ0) is 27.4. The first-order valence-corrected chi connectivity index (χ1v) is 15.0. The van der Waals surface area contributed by atoms with Crippen LogP contribution in [0.15, 0.2) is 48.5 Å². The predicted molar refractivity (Wildman–Crippen MR) is 135 cm³/mol. The molecule has 1 N–H and O–H groups in total. The molecule has 200 valence electrons. The number of carbonyl (C=O) groups is 3. The Hall–Kier alpha value is -3.11. The SMILES string of the molecule is CC(C)(C)[Si](C)(C)OC1(C(NC(=O)OCc2ccccc2)C(=O)OCC(=O)c2cc(F)ccc2F)CC1. The van der Waals surface area contributed by atoms with E-state index in [4.69, 9.17) is 13.9 Å². The van der Waals surface area contributed by atoms with E-state index in [9.17, 15) is 23.2 Å². The number of halogens is 2. The molecule has 2 aromatic carbocycles. The summed E-state index contributed by atoms with van der Waals surface area (Å²) in [6.07, 6.45) is 0.133. The standard InChI is InChI=1S/C27H33F2NO6Si/c1-26(2,3)37(4,5)36-27(13-14-27)23(30-25(33)35-16-18-9-7-6-8-10-18)24(32)34-17-22(31)20-15-19(28)11-12-21(20)29/h6-12,15,23H,13-14,16-17H2,1-5H3,(H,30,33). The number of ether oxygens (including phenoxy) is 2. The summed E-state index contributed by atoms with van der Waals surface area (Å²) in [5.41, 5.74) is -0.782. The molecule has 10 heteroatoms. The third-order valence-electron chi connectivity index (χ3n) is 6.82. The van der Waals surface area contributed by atoms with Crippen molar-refractivity contribution >= 4 is 26.2 Å². The quantitative estimate of drug-likeness (QED) is 0.245. The van der Waals surface area contributed by atoms with Gasteiger partial charge in [0.1, 0.15) is 18.2 Å². The van der Waals surface area contributed by atoms with E-state index in [0.717, 1.165) is 23.8 Å². The minimum absolute atomic E-state index is 0.0120. The van der Waals surface area contributed by atoms with Gasteiger partial charge in [0.25, 0.3) is 0 Å². The summed E-state index contributed by atoms with van der Waals surface area (Å²) in [5, 5.41) is 2.39. The third kappa shape index (κ3) is 7.23. The molecule has 1 atom stereocenters. The lowest BCUT2D eigenvalue weighted by atomic mass is 10.1. The van der Waals surface area contributed by atoms with E-state index in [-0.39, 0.29) is 11.6 Å². The summed E-state index contributed by atoms with van der Waals surface area (Å²) in [6.45, 7) is 9.37. The van der Waals surface area contributed by atoms with Gasteiger partial charge >= 0.3 is 12.1 Å². The Labute approximate surface area is 216 Å². The predicted octanol–water partition coefficient (Wildman–Crippen LogP) is 5.54. The number of nitrogens with one attached hydrogen (secondary N) is 1. The lowest BCUT2D eigenvalue weighted by molar-refractivity contribution is -0.148. The number of hydrogen-bond donors (Lipinski definition) is 1. The van der Waals surface area contributed by atoms with Gasteiger partial charge in [0.05, 0.1) is 11.2 Å². The summed E-state index contributed by atoms with van der Waals surface area (Å²) in [7, 11) is -2.38. The number of Topliss-reactive ketones (excluding diaryl/α,β-unsaturated/α-hetero) is 1. The molecule has 2 aromatic rings. The average molecular weight is 534 g/mol. The van der Waals surface area contributed by atoms with Gasteiger partial charge in [0, 0.05) is 0 Å². The monoisotopic (exact) mass is 533 g/mol.